The molecule has 0 fully saturated rings. The van der Waals surface area contributed by atoms with Gasteiger partial charge in [0.25, 0.3) is 11.8 Å². The lowest BCUT2D eigenvalue weighted by Crippen LogP contribution is -2.46. The summed E-state index contributed by atoms with van der Waals surface area (Å²) in [6.45, 7) is 4.82. The number of ether oxygens (including phenoxy) is 1. The van der Waals surface area contributed by atoms with E-state index in [1.165, 1.54) is 18.0 Å². The molecular weight excluding hydrogens is 398 g/mol. The lowest BCUT2D eigenvalue weighted by molar-refractivity contribution is -0.137. The first-order valence-corrected chi connectivity index (χ1v) is 9.74. The van der Waals surface area contributed by atoms with Crippen molar-refractivity contribution in [2.75, 3.05) is 25.5 Å². The predicted octanol–water partition coefficient (Wildman–Crippen LogP) is 2.47. The summed E-state index contributed by atoms with van der Waals surface area (Å²) in [5.74, 6) is -1.97. The number of amides is 3. The Morgan fingerprint density at radius 3 is 2.19 bits per heavy atom. The lowest BCUT2D eigenvalue weighted by atomic mass is 10.1. The third-order valence-electron chi connectivity index (χ3n) is 4.08. The zero-order valence-corrected chi connectivity index (χ0v) is 18.1. The van der Waals surface area contributed by atoms with Gasteiger partial charge >= 0.3 is 5.97 Å². The van der Waals surface area contributed by atoms with E-state index in [1.54, 1.807) is 48.5 Å². The number of esters is 1. The quantitative estimate of drug-likeness (QED) is 0.663. The van der Waals surface area contributed by atoms with Crippen LogP contribution in [0.25, 0.3) is 0 Å². The van der Waals surface area contributed by atoms with Crippen molar-refractivity contribution in [1.82, 2.24) is 10.2 Å². The van der Waals surface area contributed by atoms with Crippen LogP contribution < -0.4 is 10.6 Å². The highest BCUT2D eigenvalue weighted by atomic mass is 16.5. The maximum Gasteiger partial charge on any atom is 0.340 e. The molecule has 8 nitrogen and oxygen atoms in total. The Morgan fingerprint density at radius 2 is 1.55 bits per heavy atom. The number of nitrogens with one attached hydrogen (secondary N) is 2. The number of hydrogen-bond acceptors (Lipinski definition) is 5. The molecule has 0 aliphatic heterocycles. The van der Waals surface area contributed by atoms with Crippen LogP contribution >= 0.6 is 0 Å². The SMILES string of the molecule is CN(CC(=O)NC(C)(C)C)C(=O)COC(=O)c1ccccc1NC(=O)c1ccccc1. The molecule has 3 amide bonds. The average molecular weight is 425 g/mol. The van der Waals surface area contributed by atoms with Gasteiger partial charge in [0.15, 0.2) is 6.61 Å². The van der Waals surface area contributed by atoms with E-state index >= 15 is 0 Å². The van der Waals surface area contributed by atoms with Crippen LogP contribution in [-0.2, 0) is 14.3 Å². The van der Waals surface area contributed by atoms with Crippen LogP contribution in [0.15, 0.2) is 54.6 Å². The van der Waals surface area contributed by atoms with Gasteiger partial charge in [0.1, 0.15) is 0 Å². The van der Waals surface area contributed by atoms with Crippen LogP contribution in [-0.4, -0.2) is 54.3 Å². The molecule has 0 spiro atoms. The molecule has 0 aliphatic carbocycles. The highest BCUT2D eigenvalue weighted by Gasteiger charge is 2.20. The van der Waals surface area contributed by atoms with Crippen molar-refractivity contribution < 1.29 is 23.9 Å². The predicted molar refractivity (Wildman–Crippen MR) is 117 cm³/mol. The Labute approximate surface area is 181 Å². The molecule has 2 aromatic rings. The molecule has 0 aliphatic rings. The van der Waals surface area contributed by atoms with E-state index in [4.69, 9.17) is 4.74 Å². The highest BCUT2D eigenvalue weighted by Crippen LogP contribution is 2.17. The molecule has 0 unspecified atom stereocenters. The van der Waals surface area contributed by atoms with Crippen LogP contribution in [0.5, 0.6) is 0 Å². The molecule has 0 aromatic heterocycles. The van der Waals surface area contributed by atoms with Gasteiger partial charge in [-0.15, -0.1) is 0 Å². The lowest BCUT2D eigenvalue weighted by Gasteiger charge is -2.23. The number of anilines is 1. The minimum atomic E-state index is -0.759. The number of para-hydroxylation sites is 1. The summed E-state index contributed by atoms with van der Waals surface area (Å²) in [4.78, 5) is 50.2. The van der Waals surface area contributed by atoms with Gasteiger partial charge in [-0.25, -0.2) is 4.79 Å². The zero-order chi connectivity index (χ0) is 23.0. The van der Waals surface area contributed by atoms with E-state index < -0.39 is 24.0 Å². The smallest absolute Gasteiger partial charge is 0.340 e. The fourth-order valence-electron chi connectivity index (χ4n) is 2.63. The summed E-state index contributed by atoms with van der Waals surface area (Å²) in [7, 11) is 1.45. The second-order valence-corrected chi connectivity index (χ2v) is 7.99. The first-order valence-electron chi connectivity index (χ1n) is 9.74. The summed E-state index contributed by atoms with van der Waals surface area (Å²) in [6, 6.07) is 14.9. The molecule has 2 N–H and O–H groups in total. The molecule has 0 saturated carbocycles. The largest absolute Gasteiger partial charge is 0.452 e. The standard InChI is InChI=1S/C23H27N3O5/c1-23(2,3)25-19(27)14-26(4)20(28)15-31-22(30)17-12-8-9-13-18(17)24-21(29)16-10-6-5-7-11-16/h5-13H,14-15H2,1-4H3,(H,24,29)(H,25,27). The van der Waals surface area contributed by atoms with Gasteiger partial charge < -0.3 is 20.3 Å². The zero-order valence-electron chi connectivity index (χ0n) is 18.1. The maximum absolute atomic E-state index is 12.5. The molecule has 0 heterocycles. The minimum Gasteiger partial charge on any atom is -0.452 e. The Balaban J connectivity index is 1.96. The Hall–Kier alpha value is -3.68. The first kappa shape index (κ1) is 23.6. The fourth-order valence-corrected chi connectivity index (χ4v) is 2.63. The van der Waals surface area contributed by atoms with Gasteiger partial charge in [0.2, 0.25) is 5.91 Å². The summed E-state index contributed by atoms with van der Waals surface area (Å²) >= 11 is 0. The molecule has 31 heavy (non-hydrogen) atoms. The van der Waals surface area contributed by atoms with Crippen molar-refractivity contribution in [2.45, 2.75) is 26.3 Å². The first-order chi connectivity index (χ1) is 14.6. The van der Waals surface area contributed by atoms with Crippen LogP contribution in [0.1, 0.15) is 41.5 Å². The molecule has 2 rings (SSSR count). The van der Waals surface area contributed by atoms with E-state index in [0.717, 1.165) is 0 Å². The highest BCUT2D eigenvalue weighted by molar-refractivity contribution is 6.08. The molecule has 164 valence electrons. The van der Waals surface area contributed by atoms with Crippen molar-refractivity contribution in [3.63, 3.8) is 0 Å². The van der Waals surface area contributed by atoms with Gasteiger partial charge in [-0.3, -0.25) is 14.4 Å². The van der Waals surface area contributed by atoms with Gasteiger partial charge in [0, 0.05) is 18.2 Å². The fraction of sp³-hybridized carbons (Fsp3) is 0.304. The van der Waals surface area contributed by atoms with Crippen molar-refractivity contribution >= 4 is 29.4 Å². The number of carbonyl (C=O) groups is 4. The number of benzene rings is 2. The molecule has 0 radical (unpaired) electrons. The number of likely N-dealkylation sites (N-methyl/N-ethyl adjacent to an activating group) is 1. The van der Waals surface area contributed by atoms with Gasteiger partial charge in [-0.2, -0.15) is 0 Å². The third-order valence-corrected chi connectivity index (χ3v) is 4.08. The molecule has 8 heteroatoms. The van der Waals surface area contributed by atoms with E-state index in [-0.39, 0.29) is 29.6 Å². The van der Waals surface area contributed by atoms with Crippen LogP contribution in [0.3, 0.4) is 0 Å². The number of nitrogens with zero attached hydrogens (tertiary/aromatic N) is 1. The summed E-state index contributed by atoms with van der Waals surface area (Å²) in [5.41, 5.74) is 0.414. The monoisotopic (exact) mass is 425 g/mol. The third kappa shape index (κ3) is 7.58. The topological polar surface area (TPSA) is 105 Å². The van der Waals surface area contributed by atoms with Crippen molar-refractivity contribution in [1.29, 1.82) is 0 Å². The van der Waals surface area contributed by atoms with E-state index in [0.29, 0.717) is 5.56 Å². The average Bonchev–Trinajstić information content (AvgIpc) is 2.71. The molecule has 2 aromatic carbocycles. The Morgan fingerprint density at radius 1 is 0.935 bits per heavy atom. The van der Waals surface area contributed by atoms with Crippen LogP contribution in [0.4, 0.5) is 5.69 Å². The van der Waals surface area contributed by atoms with Gasteiger partial charge in [-0.1, -0.05) is 30.3 Å². The van der Waals surface area contributed by atoms with Crippen molar-refractivity contribution in [2.24, 2.45) is 0 Å². The van der Waals surface area contributed by atoms with Crippen LogP contribution in [0.2, 0.25) is 0 Å². The second kappa shape index (κ2) is 10.4. The maximum atomic E-state index is 12.5. The summed E-state index contributed by atoms with van der Waals surface area (Å²) in [5, 5.41) is 5.43. The Bertz CT molecular complexity index is 951. The van der Waals surface area contributed by atoms with Gasteiger partial charge in [-0.05, 0) is 45.0 Å². The molecular formula is C23H27N3O5. The normalized spacial score (nSPS) is 10.7. The molecule has 0 saturated heterocycles. The number of carbonyl (C=O) groups excluding carboxylic acids is 4. The van der Waals surface area contributed by atoms with Crippen molar-refractivity contribution in [3.8, 4) is 0 Å². The van der Waals surface area contributed by atoms with Gasteiger partial charge in [0.05, 0.1) is 17.8 Å². The van der Waals surface area contributed by atoms with E-state index in [1.807, 2.05) is 20.8 Å². The minimum absolute atomic E-state index is 0.118. The summed E-state index contributed by atoms with van der Waals surface area (Å²) < 4.78 is 5.11. The van der Waals surface area contributed by atoms with E-state index in [9.17, 15) is 19.2 Å². The second-order valence-electron chi connectivity index (χ2n) is 7.99. The van der Waals surface area contributed by atoms with E-state index in [2.05, 4.69) is 10.6 Å². The number of hydrogen-bond donors (Lipinski definition) is 2. The Kier molecular flexibility index (Phi) is 7.90. The van der Waals surface area contributed by atoms with Crippen molar-refractivity contribution in [3.05, 3.63) is 65.7 Å². The summed E-state index contributed by atoms with van der Waals surface area (Å²) in [6.07, 6.45) is 0. The molecule has 0 bridgehead atoms. The molecule has 0 atom stereocenters. The number of rotatable bonds is 7. The van der Waals surface area contributed by atoms with Crippen LogP contribution in [0, 0.1) is 0 Å².